The number of hydrogen-bond donors (Lipinski definition) is 1. The van der Waals surface area contributed by atoms with Crippen molar-refractivity contribution in [1.82, 2.24) is 20.0 Å². The minimum atomic E-state index is -0.409. The molecule has 7 nitrogen and oxygen atoms in total. The number of carbonyl (C=O) groups excluding carboxylic acids is 3. The van der Waals surface area contributed by atoms with Gasteiger partial charge in [-0.15, -0.1) is 0 Å². The van der Waals surface area contributed by atoms with Gasteiger partial charge in [0.15, 0.2) is 0 Å². The lowest BCUT2D eigenvalue weighted by atomic mass is 10.2. The minimum absolute atomic E-state index is 0.0992. The zero-order valence-electron chi connectivity index (χ0n) is 16.4. The van der Waals surface area contributed by atoms with Crippen molar-refractivity contribution in [3.05, 3.63) is 56.2 Å². The van der Waals surface area contributed by atoms with Crippen LogP contribution in [0.5, 0.6) is 0 Å². The maximum Gasteiger partial charge on any atom is 0.293 e. The highest BCUT2D eigenvalue weighted by Crippen LogP contribution is 2.33. The number of carbonyl (C=O) groups is 3. The number of nitrogens with one attached hydrogen (secondary N) is 1. The lowest BCUT2D eigenvalue weighted by Gasteiger charge is -2.13. The molecule has 0 atom stereocenters. The van der Waals surface area contributed by atoms with Gasteiger partial charge >= 0.3 is 0 Å². The van der Waals surface area contributed by atoms with Gasteiger partial charge in [0, 0.05) is 41.8 Å². The fraction of sp³-hybridized carbons (Fsp3) is 0.300. The van der Waals surface area contributed by atoms with Crippen molar-refractivity contribution in [3.8, 4) is 0 Å². The molecule has 1 aliphatic rings. The Bertz CT molecular complexity index is 1040. The number of aryl methyl sites for hydroxylation is 3. The van der Waals surface area contributed by atoms with Crippen LogP contribution in [0.4, 0.5) is 4.79 Å². The van der Waals surface area contributed by atoms with Gasteiger partial charge in [-0.05, 0) is 55.4 Å². The summed E-state index contributed by atoms with van der Waals surface area (Å²) < 4.78 is 1.78. The summed E-state index contributed by atoms with van der Waals surface area (Å²) in [6.07, 6.45) is 1.83. The molecular formula is C20H20Cl2N4O3S. The average Bonchev–Trinajstić information content (AvgIpc) is 3.14. The number of halogens is 2. The largest absolute Gasteiger partial charge is 0.354 e. The zero-order valence-corrected chi connectivity index (χ0v) is 18.8. The van der Waals surface area contributed by atoms with Crippen LogP contribution in [0, 0.1) is 13.8 Å². The summed E-state index contributed by atoms with van der Waals surface area (Å²) in [6.45, 7) is 4.58. The third-order valence-corrected chi connectivity index (χ3v) is 5.90. The highest BCUT2D eigenvalue weighted by molar-refractivity contribution is 8.18. The number of nitrogens with zero attached hydrogens (tertiary/aromatic N) is 3. The molecule has 3 amide bonds. The van der Waals surface area contributed by atoms with Gasteiger partial charge in [-0.3, -0.25) is 24.0 Å². The molecule has 1 N–H and O–H groups in total. The summed E-state index contributed by atoms with van der Waals surface area (Å²) >= 11 is 12.9. The molecular weight excluding hydrogens is 447 g/mol. The van der Waals surface area contributed by atoms with Crippen molar-refractivity contribution in [2.45, 2.75) is 26.8 Å². The van der Waals surface area contributed by atoms with Crippen LogP contribution >= 0.6 is 35.0 Å². The second-order valence-electron chi connectivity index (χ2n) is 6.75. The smallest absolute Gasteiger partial charge is 0.293 e. The third-order valence-electron chi connectivity index (χ3n) is 4.43. The fourth-order valence-electron chi connectivity index (χ4n) is 2.96. The van der Waals surface area contributed by atoms with Crippen LogP contribution in [0.1, 0.15) is 23.4 Å². The van der Waals surface area contributed by atoms with Crippen molar-refractivity contribution in [2.75, 3.05) is 13.1 Å². The quantitative estimate of drug-likeness (QED) is 0.622. The maximum absolute atomic E-state index is 12.5. The molecule has 1 fully saturated rings. The Morgan fingerprint density at radius 2 is 1.97 bits per heavy atom. The molecule has 30 heavy (non-hydrogen) atoms. The number of imide groups is 1. The Morgan fingerprint density at radius 1 is 1.20 bits per heavy atom. The van der Waals surface area contributed by atoms with Crippen LogP contribution in [0.2, 0.25) is 10.0 Å². The van der Waals surface area contributed by atoms with E-state index >= 15 is 0 Å². The van der Waals surface area contributed by atoms with Gasteiger partial charge in [0.1, 0.15) is 0 Å². The van der Waals surface area contributed by atoms with Crippen LogP contribution in [-0.2, 0) is 16.1 Å². The van der Waals surface area contributed by atoms with Crippen LogP contribution in [0.25, 0.3) is 6.08 Å². The molecule has 0 aliphatic carbocycles. The van der Waals surface area contributed by atoms with Gasteiger partial charge in [0.2, 0.25) is 5.91 Å². The summed E-state index contributed by atoms with van der Waals surface area (Å²) in [6, 6.07) is 6.86. The molecule has 0 saturated carbocycles. The second-order valence-corrected chi connectivity index (χ2v) is 8.59. The minimum Gasteiger partial charge on any atom is -0.354 e. The zero-order chi connectivity index (χ0) is 21.8. The van der Waals surface area contributed by atoms with Crippen molar-refractivity contribution >= 4 is 58.1 Å². The molecule has 1 saturated heterocycles. The van der Waals surface area contributed by atoms with Gasteiger partial charge < -0.3 is 5.32 Å². The molecule has 0 radical (unpaired) electrons. The molecule has 0 spiro atoms. The van der Waals surface area contributed by atoms with Gasteiger partial charge in [0.25, 0.3) is 11.1 Å². The van der Waals surface area contributed by atoms with Crippen LogP contribution in [0.15, 0.2) is 29.2 Å². The number of aromatic nitrogens is 2. The third kappa shape index (κ3) is 5.44. The number of hydrogen-bond acceptors (Lipinski definition) is 5. The van der Waals surface area contributed by atoms with Gasteiger partial charge in [0.05, 0.1) is 10.6 Å². The molecule has 2 heterocycles. The van der Waals surface area contributed by atoms with E-state index in [1.165, 1.54) is 0 Å². The van der Waals surface area contributed by atoms with E-state index in [9.17, 15) is 14.4 Å². The van der Waals surface area contributed by atoms with Crippen LogP contribution < -0.4 is 5.32 Å². The Morgan fingerprint density at radius 3 is 2.63 bits per heavy atom. The van der Waals surface area contributed by atoms with E-state index in [0.717, 1.165) is 28.0 Å². The van der Waals surface area contributed by atoms with Gasteiger partial charge in [-0.25, -0.2) is 0 Å². The number of rotatable bonds is 7. The summed E-state index contributed by atoms with van der Waals surface area (Å²) in [4.78, 5) is 38.2. The highest BCUT2D eigenvalue weighted by atomic mass is 35.5. The van der Waals surface area contributed by atoms with Crippen molar-refractivity contribution in [2.24, 2.45) is 0 Å². The molecule has 1 aromatic carbocycles. The molecule has 3 rings (SSSR count). The predicted molar refractivity (Wildman–Crippen MR) is 118 cm³/mol. The summed E-state index contributed by atoms with van der Waals surface area (Å²) in [5.41, 5.74) is 2.50. The number of thioether (sulfide) groups is 1. The first kappa shape index (κ1) is 22.4. The van der Waals surface area contributed by atoms with E-state index in [-0.39, 0.29) is 35.6 Å². The lowest BCUT2D eigenvalue weighted by Crippen LogP contribution is -2.37. The average molecular weight is 467 g/mol. The van der Waals surface area contributed by atoms with Gasteiger partial charge in [-0.2, -0.15) is 5.10 Å². The monoisotopic (exact) mass is 466 g/mol. The Kier molecular flexibility index (Phi) is 7.23. The summed E-state index contributed by atoms with van der Waals surface area (Å²) in [5.74, 6) is -0.578. The molecule has 10 heteroatoms. The van der Waals surface area contributed by atoms with Crippen molar-refractivity contribution < 1.29 is 14.4 Å². The normalized spacial score (nSPS) is 15.3. The number of benzene rings is 1. The Labute approximate surface area is 188 Å². The van der Waals surface area contributed by atoms with E-state index < -0.39 is 5.91 Å². The van der Waals surface area contributed by atoms with Crippen molar-refractivity contribution in [1.29, 1.82) is 0 Å². The van der Waals surface area contributed by atoms with Gasteiger partial charge in [-0.1, -0.05) is 29.3 Å². The lowest BCUT2D eigenvalue weighted by molar-refractivity contribution is -0.124. The molecule has 1 aromatic heterocycles. The Balaban J connectivity index is 1.51. The fourth-order valence-corrected chi connectivity index (χ4v) is 4.28. The SMILES string of the molecule is Cc1cc(C)n(CCC(=O)NCCN2C(=O)S/C(=C\c3ccc(Cl)cc3Cl)C2=O)n1. The first-order chi connectivity index (χ1) is 14.2. The second kappa shape index (κ2) is 9.68. The first-order valence-corrected chi connectivity index (χ1v) is 10.8. The first-order valence-electron chi connectivity index (χ1n) is 9.23. The van der Waals surface area contributed by atoms with E-state index in [1.807, 2.05) is 19.9 Å². The molecule has 2 aromatic rings. The highest BCUT2D eigenvalue weighted by Gasteiger charge is 2.34. The number of amides is 3. The molecule has 0 unspecified atom stereocenters. The van der Waals surface area contributed by atoms with E-state index in [0.29, 0.717) is 22.2 Å². The Hall–Kier alpha value is -2.29. The van der Waals surface area contributed by atoms with Crippen LogP contribution in [0.3, 0.4) is 0 Å². The van der Waals surface area contributed by atoms with Crippen LogP contribution in [-0.4, -0.2) is 44.8 Å². The summed E-state index contributed by atoms with van der Waals surface area (Å²) in [5, 5.41) is 7.55. The van der Waals surface area contributed by atoms with E-state index in [4.69, 9.17) is 23.2 Å². The van der Waals surface area contributed by atoms with E-state index in [2.05, 4.69) is 10.4 Å². The maximum atomic E-state index is 12.5. The van der Waals surface area contributed by atoms with E-state index in [1.54, 1.807) is 29.0 Å². The van der Waals surface area contributed by atoms with Crippen molar-refractivity contribution in [3.63, 3.8) is 0 Å². The topological polar surface area (TPSA) is 84.3 Å². The predicted octanol–water partition coefficient (Wildman–Crippen LogP) is 4.05. The molecule has 1 aliphatic heterocycles. The standard InChI is InChI=1S/C20H20Cl2N4O3S/c1-12-9-13(2)26(24-12)7-5-18(27)23-6-8-25-19(28)17(30-20(25)29)10-14-3-4-15(21)11-16(14)22/h3-4,9-11H,5-8H2,1-2H3,(H,23,27)/b17-10-. The summed E-state index contributed by atoms with van der Waals surface area (Å²) in [7, 11) is 0. The molecule has 158 valence electrons. The molecule has 0 bridgehead atoms.